The molecule has 6 nitrogen and oxygen atoms in total. The fraction of sp³-hybridized carbons (Fsp3) is 0.667. The molecule has 2 amide bonds. The number of likely N-dealkylation sites (tertiary alicyclic amines) is 2. The number of carbonyl (C=O) groups excluding carboxylic acids is 2. The van der Waals surface area contributed by atoms with Crippen molar-refractivity contribution in [1.82, 2.24) is 19.4 Å². The Kier molecular flexibility index (Phi) is 3.69. The Morgan fingerprint density at radius 3 is 2.86 bits per heavy atom. The van der Waals surface area contributed by atoms with Crippen molar-refractivity contribution in [1.29, 1.82) is 0 Å². The molecule has 2 aliphatic heterocycles. The van der Waals surface area contributed by atoms with Crippen LogP contribution in [0.1, 0.15) is 36.7 Å². The topological polar surface area (TPSA) is 58.4 Å². The summed E-state index contributed by atoms with van der Waals surface area (Å²) in [5.41, 5.74) is 1.01. The lowest BCUT2D eigenvalue weighted by molar-refractivity contribution is -0.137. The first-order valence-corrected chi connectivity index (χ1v) is 7.60. The van der Waals surface area contributed by atoms with Crippen molar-refractivity contribution >= 4 is 11.8 Å². The Morgan fingerprint density at radius 2 is 2.24 bits per heavy atom. The summed E-state index contributed by atoms with van der Waals surface area (Å²) in [5, 5.41) is 0. The molecule has 1 atom stereocenters. The molecular formula is C15H22N4O2. The highest BCUT2D eigenvalue weighted by Gasteiger charge is 2.32. The van der Waals surface area contributed by atoms with Crippen LogP contribution < -0.4 is 0 Å². The average Bonchev–Trinajstić information content (AvgIpc) is 3.12. The second-order valence-electron chi connectivity index (χ2n) is 6.10. The van der Waals surface area contributed by atoms with Gasteiger partial charge in [0.2, 0.25) is 11.8 Å². The number of carbonyl (C=O) groups is 2. The molecule has 0 N–H and O–H groups in total. The molecule has 6 heteroatoms. The van der Waals surface area contributed by atoms with E-state index in [2.05, 4.69) is 9.55 Å². The van der Waals surface area contributed by atoms with Crippen LogP contribution in [0.2, 0.25) is 0 Å². The molecule has 0 radical (unpaired) electrons. The maximum Gasteiger partial charge on any atom is 0.242 e. The number of aryl methyl sites for hydroxylation is 2. The molecule has 0 saturated carbocycles. The van der Waals surface area contributed by atoms with Gasteiger partial charge in [-0.15, -0.1) is 0 Å². The van der Waals surface area contributed by atoms with E-state index in [0.717, 1.165) is 37.4 Å². The van der Waals surface area contributed by atoms with E-state index in [1.54, 1.807) is 4.90 Å². The van der Waals surface area contributed by atoms with Crippen LogP contribution in [-0.4, -0.2) is 57.3 Å². The van der Waals surface area contributed by atoms with Gasteiger partial charge in [-0.05, 0) is 19.8 Å². The number of rotatable bonds is 3. The summed E-state index contributed by atoms with van der Waals surface area (Å²) in [5.74, 6) is 1.54. The van der Waals surface area contributed by atoms with Gasteiger partial charge in [-0.3, -0.25) is 9.59 Å². The Labute approximate surface area is 124 Å². The normalized spacial score (nSPS) is 22.4. The number of imidazole rings is 1. The summed E-state index contributed by atoms with van der Waals surface area (Å²) in [6.07, 6.45) is 4.43. The van der Waals surface area contributed by atoms with Crippen LogP contribution in [0, 0.1) is 6.92 Å². The van der Waals surface area contributed by atoms with Crippen LogP contribution in [0.4, 0.5) is 0 Å². The third-order valence-electron chi connectivity index (χ3n) is 4.44. The molecule has 1 aromatic heterocycles. The van der Waals surface area contributed by atoms with Crippen LogP contribution in [0.15, 0.2) is 6.20 Å². The molecule has 0 aromatic carbocycles. The quantitative estimate of drug-likeness (QED) is 0.822. The highest BCUT2D eigenvalue weighted by Crippen LogP contribution is 2.26. The fourth-order valence-electron chi connectivity index (χ4n) is 3.35. The number of hydrogen-bond acceptors (Lipinski definition) is 3. The van der Waals surface area contributed by atoms with Gasteiger partial charge in [0, 0.05) is 45.2 Å². The van der Waals surface area contributed by atoms with E-state index in [1.807, 2.05) is 25.1 Å². The van der Waals surface area contributed by atoms with Crippen molar-refractivity contribution in [2.24, 2.45) is 7.05 Å². The lowest BCUT2D eigenvalue weighted by Crippen LogP contribution is -2.39. The molecule has 0 bridgehead atoms. The van der Waals surface area contributed by atoms with Crippen LogP contribution in [0.3, 0.4) is 0 Å². The minimum absolute atomic E-state index is 0.0682. The van der Waals surface area contributed by atoms with E-state index in [-0.39, 0.29) is 18.4 Å². The number of nitrogens with zero attached hydrogens (tertiary/aromatic N) is 4. The van der Waals surface area contributed by atoms with Crippen molar-refractivity contribution in [2.75, 3.05) is 26.2 Å². The van der Waals surface area contributed by atoms with Crippen LogP contribution in [0.5, 0.6) is 0 Å². The van der Waals surface area contributed by atoms with Gasteiger partial charge >= 0.3 is 0 Å². The van der Waals surface area contributed by atoms with Gasteiger partial charge in [-0.1, -0.05) is 0 Å². The molecule has 114 valence electrons. The van der Waals surface area contributed by atoms with Gasteiger partial charge in [0.1, 0.15) is 5.82 Å². The Hall–Kier alpha value is -1.85. The first kappa shape index (κ1) is 14.1. The predicted octanol–water partition coefficient (Wildman–Crippen LogP) is 0.667. The molecule has 0 unspecified atom stereocenters. The third kappa shape index (κ3) is 2.80. The second-order valence-corrected chi connectivity index (χ2v) is 6.10. The molecule has 3 heterocycles. The summed E-state index contributed by atoms with van der Waals surface area (Å²) >= 11 is 0. The first-order chi connectivity index (χ1) is 10.0. The van der Waals surface area contributed by atoms with E-state index in [9.17, 15) is 9.59 Å². The lowest BCUT2D eigenvalue weighted by atomic mass is 10.1. The largest absolute Gasteiger partial charge is 0.340 e. The highest BCUT2D eigenvalue weighted by molar-refractivity contribution is 5.86. The smallest absolute Gasteiger partial charge is 0.242 e. The van der Waals surface area contributed by atoms with E-state index < -0.39 is 0 Å². The van der Waals surface area contributed by atoms with E-state index in [4.69, 9.17) is 0 Å². The minimum Gasteiger partial charge on any atom is -0.340 e. The number of aromatic nitrogens is 2. The molecule has 0 aliphatic carbocycles. The molecular weight excluding hydrogens is 268 g/mol. The molecule has 21 heavy (non-hydrogen) atoms. The maximum absolute atomic E-state index is 12.3. The minimum atomic E-state index is 0.0682. The highest BCUT2D eigenvalue weighted by atomic mass is 16.2. The molecule has 0 spiro atoms. The zero-order chi connectivity index (χ0) is 15.0. The van der Waals surface area contributed by atoms with Crippen molar-refractivity contribution in [3.63, 3.8) is 0 Å². The molecule has 2 aliphatic rings. The fourth-order valence-corrected chi connectivity index (χ4v) is 3.35. The summed E-state index contributed by atoms with van der Waals surface area (Å²) in [6.45, 7) is 4.43. The van der Waals surface area contributed by atoms with Crippen LogP contribution in [0.25, 0.3) is 0 Å². The summed E-state index contributed by atoms with van der Waals surface area (Å²) in [6, 6.07) is 0. The molecule has 3 rings (SSSR count). The van der Waals surface area contributed by atoms with E-state index in [1.165, 1.54) is 0 Å². The molecule has 2 saturated heterocycles. The summed E-state index contributed by atoms with van der Waals surface area (Å²) < 4.78 is 2.05. The lowest BCUT2D eigenvalue weighted by Gasteiger charge is -2.21. The van der Waals surface area contributed by atoms with E-state index in [0.29, 0.717) is 18.9 Å². The van der Waals surface area contributed by atoms with Crippen molar-refractivity contribution in [2.45, 2.75) is 32.1 Å². The van der Waals surface area contributed by atoms with Crippen LogP contribution in [-0.2, 0) is 16.6 Å². The van der Waals surface area contributed by atoms with Gasteiger partial charge in [-0.25, -0.2) is 4.98 Å². The zero-order valence-electron chi connectivity index (χ0n) is 12.7. The van der Waals surface area contributed by atoms with Gasteiger partial charge in [0.05, 0.1) is 12.2 Å². The van der Waals surface area contributed by atoms with Gasteiger partial charge in [0.25, 0.3) is 0 Å². The van der Waals surface area contributed by atoms with Gasteiger partial charge in [0.15, 0.2) is 0 Å². The third-order valence-corrected chi connectivity index (χ3v) is 4.44. The Bertz CT molecular complexity index is 566. The maximum atomic E-state index is 12.3. The monoisotopic (exact) mass is 290 g/mol. The van der Waals surface area contributed by atoms with Crippen molar-refractivity contribution < 1.29 is 9.59 Å². The average molecular weight is 290 g/mol. The van der Waals surface area contributed by atoms with Gasteiger partial charge < -0.3 is 14.4 Å². The zero-order valence-corrected chi connectivity index (χ0v) is 12.7. The van der Waals surface area contributed by atoms with Crippen molar-refractivity contribution in [3.8, 4) is 0 Å². The number of hydrogen-bond donors (Lipinski definition) is 0. The summed E-state index contributed by atoms with van der Waals surface area (Å²) in [4.78, 5) is 32.0. The summed E-state index contributed by atoms with van der Waals surface area (Å²) in [7, 11) is 2.00. The Morgan fingerprint density at radius 1 is 1.43 bits per heavy atom. The van der Waals surface area contributed by atoms with Crippen molar-refractivity contribution in [3.05, 3.63) is 17.7 Å². The SMILES string of the molecule is Cc1cn(C)c([C@H]2CCN(C(=O)CN3CCCC3=O)C2)n1. The predicted molar refractivity (Wildman–Crippen MR) is 77.7 cm³/mol. The van der Waals surface area contributed by atoms with E-state index >= 15 is 0 Å². The first-order valence-electron chi connectivity index (χ1n) is 7.60. The van der Waals surface area contributed by atoms with Crippen LogP contribution >= 0.6 is 0 Å². The number of amides is 2. The Balaban J connectivity index is 1.60. The second kappa shape index (κ2) is 5.50. The molecule has 1 aromatic rings. The van der Waals surface area contributed by atoms with Gasteiger partial charge in [-0.2, -0.15) is 0 Å². The standard InChI is InChI=1S/C15H22N4O2/c1-11-8-17(2)15(16-11)12-5-7-19(9-12)14(21)10-18-6-3-4-13(18)20/h8,12H,3-7,9-10H2,1-2H3/t12-/m0/s1. The molecule has 2 fully saturated rings.